The molecule has 0 unspecified atom stereocenters. The van der Waals surface area contributed by atoms with Crippen LogP contribution in [0.15, 0.2) is 78.9 Å². The zero-order valence-corrected chi connectivity index (χ0v) is 18.8. The maximum atomic E-state index is 13.2. The SMILES string of the molecule is COc1ccc(CN(Cc2cc3cc(C)ccc3nc2Cl)C(=O)Nc2ccccc2)cc1. The average molecular weight is 446 g/mol. The van der Waals surface area contributed by atoms with Gasteiger partial charge in [0.2, 0.25) is 0 Å². The number of hydrogen-bond acceptors (Lipinski definition) is 3. The van der Waals surface area contributed by atoms with E-state index in [-0.39, 0.29) is 6.03 Å². The van der Waals surface area contributed by atoms with Crippen LogP contribution >= 0.6 is 11.6 Å². The molecule has 0 bridgehead atoms. The number of amides is 2. The number of rotatable bonds is 6. The Kier molecular flexibility index (Phi) is 6.57. The van der Waals surface area contributed by atoms with Crippen LogP contribution in [0.1, 0.15) is 16.7 Å². The number of nitrogens with one attached hydrogen (secondary N) is 1. The lowest BCUT2D eigenvalue weighted by atomic mass is 10.1. The smallest absolute Gasteiger partial charge is 0.322 e. The van der Waals surface area contributed by atoms with Crippen molar-refractivity contribution in [3.8, 4) is 5.75 Å². The molecular weight excluding hydrogens is 422 g/mol. The summed E-state index contributed by atoms with van der Waals surface area (Å²) >= 11 is 6.51. The van der Waals surface area contributed by atoms with Gasteiger partial charge in [-0.15, -0.1) is 0 Å². The lowest BCUT2D eigenvalue weighted by Gasteiger charge is -2.24. The molecule has 0 spiro atoms. The Labute approximate surface area is 192 Å². The molecule has 162 valence electrons. The molecule has 0 saturated carbocycles. The van der Waals surface area contributed by atoms with Crippen molar-refractivity contribution in [2.75, 3.05) is 12.4 Å². The summed E-state index contributed by atoms with van der Waals surface area (Å²) in [6.45, 7) is 2.77. The molecule has 1 aromatic heterocycles. The number of anilines is 1. The Bertz CT molecular complexity index is 1230. The third kappa shape index (κ3) is 5.18. The summed E-state index contributed by atoms with van der Waals surface area (Å²) in [5, 5.41) is 4.36. The Morgan fingerprint density at radius 3 is 2.47 bits per heavy atom. The van der Waals surface area contributed by atoms with Crippen LogP contribution in [-0.2, 0) is 13.1 Å². The molecule has 5 nitrogen and oxygen atoms in total. The van der Waals surface area contributed by atoms with E-state index in [2.05, 4.69) is 16.4 Å². The van der Waals surface area contributed by atoms with Gasteiger partial charge in [-0.25, -0.2) is 9.78 Å². The van der Waals surface area contributed by atoms with Gasteiger partial charge in [-0.2, -0.15) is 0 Å². The van der Waals surface area contributed by atoms with Crippen LogP contribution in [0.3, 0.4) is 0 Å². The fraction of sp³-hybridized carbons (Fsp3) is 0.154. The zero-order valence-electron chi connectivity index (χ0n) is 18.0. The number of nitrogens with zero attached hydrogens (tertiary/aromatic N) is 2. The van der Waals surface area contributed by atoms with Crippen molar-refractivity contribution in [1.29, 1.82) is 0 Å². The van der Waals surface area contributed by atoms with Crippen molar-refractivity contribution >= 4 is 34.2 Å². The second-order valence-corrected chi connectivity index (χ2v) is 7.99. The van der Waals surface area contributed by atoms with E-state index in [1.54, 1.807) is 12.0 Å². The van der Waals surface area contributed by atoms with E-state index in [9.17, 15) is 4.79 Å². The minimum absolute atomic E-state index is 0.215. The number of carbonyl (C=O) groups is 1. The summed E-state index contributed by atoms with van der Waals surface area (Å²) in [5.41, 5.74) is 4.48. The second-order valence-electron chi connectivity index (χ2n) is 7.63. The fourth-order valence-electron chi connectivity index (χ4n) is 3.51. The first kappa shape index (κ1) is 21.7. The molecule has 6 heteroatoms. The molecular formula is C26H24ClN3O2. The van der Waals surface area contributed by atoms with E-state index in [1.807, 2.05) is 79.7 Å². The van der Waals surface area contributed by atoms with Gasteiger partial charge in [-0.05, 0) is 55.0 Å². The van der Waals surface area contributed by atoms with Gasteiger partial charge in [-0.1, -0.05) is 53.6 Å². The highest BCUT2D eigenvalue weighted by Crippen LogP contribution is 2.24. The molecule has 0 aliphatic heterocycles. The van der Waals surface area contributed by atoms with Crippen LogP contribution in [-0.4, -0.2) is 23.0 Å². The number of methoxy groups -OCH3 is 1. The number of hydrogen-bond donors (Lipinski definition) is 1. The maximum absolute atomic E-state index is 13.2. The molecule has 4 rings (SSSR count). The number of ether oxygens (including phenoxy) is 1. The summed E-state index contributed by atoms with van der Waals surface area (Å²) in [6, 6.07) is 24.9. The summed E-state index contributed by atoms with van der Waals surface area (Å²) in [7, 11) is 1.63. The van der Waals surface area contributed by atoms with Crippen LogP contribution < -0.4 is 10.1 Å². The number of pyridine rings is 1. The van der Waals surface area contributed by atoms with Crippen LogP contribution in [0.2, 0.25) is 5.15 Å². The number of halogens is 1. The second kappa shape index (κ2) is 9.71. The van der Waals surface area contributed by atoms with Crippen molar-refractivity contribution < 1.29 is 9.53 Å². The van der Waals surface area contributed by atoms with Crippen LogP contribution in [0, 0.1) is 6.92 Å². The largest absolute Gasteiger partial charge is 0.497 e. The van der Waals surface area contributed by atoms with Crippen LogP contribution in [0.4, 0.5) is 10.5 Å². The summed E-state index contributed by atoms with van der Waals surface area (Å²) in [4.78, 5) is 19.5. The van der Waals surface area contributed by atoms with Gasteiger partial charge in [-0.3, -0.25) is 0 Å². The van der Waals surface area contributed by atoms with Gasteiger partial charge in [0.1, 0.15) is 10.9 Å². The summed E-state index contributed by atoms with van der Waals surface area (Å²) < 4.78 is 5.24. The topological polar surface area (TPSA) is 54.5 Å². The van der Waals surface area contributed by atoms with E-state index in [1.165, 1.54) is 0 Å². The van der Waals surface area contributed by atoms with Crippen LogP contribution in [0.5, 0.6) is 5.75 Å². The van der Waals surface area contributed by atoms with Gasteiger partial charge in [0.25, 0.3) is 0 Å². The van der Waals surface area contributed by atoms with Crippen molar-refractivity contribution in [2.24, 2.45) is 0 Å². The molecule has 4 aromatic rings. The minimum atomic E-state index is -0.215. The third-order valence-electron chi connectivity index (χ3n) is 5.20. The number of aromatic nitrogens is 1. The molecule has 0 aliphatic rings. The molecule has 0 atom stereocenters. The first-order valence-corrected chi connectivity index (χ1v) is 10.7. The normalized spacial score (nSPS) is 10.7. The Hall–Kier alpha value is -3.57. The number of fused-ring (bicyclic) bond motifs is 1. The van der Waals surface area contributed by atoms with Gasteiger partial charge >= 0.3 is 6.03 Å². The first-order chi connectivity index (χ1) is 15.5. The predicted molar refractivity (Wildman–Crippen MR) is 129 cm³/mol. The summed E-state index contributed by atoms with van der Waals surface area (Å²) in [6.07, 6.45) is 0. The standard InChI is InChI=1S/C26H24ClN3O2/c1-18-8-13-24-20(14-18)15-21(25(27)29-24)17-30(16-19-9-11-23(32-2)12-10-19)26(31)28-22-6-4-3-5-7-22/h3-15H,16-17H2,1-2H3,(H,28,31). The molecule has 0 aliphatic carbocycles. The quantitative estimate of drug-likeness (QED) is 0.347. The van der Waals surface area contributed by atoms with E-state index >= 15 is 0 Å². The number of para-hydroxylation sites is 1. The lowest BCUT2D eigenvalue weighted by molar-refractivity contribution is 0.206. The highest BCUT2D eigenvalue weighted by Gasteiger charge is 2.18. The molecule has 0 radical (unpaired) electrons. The lowest BCUT2D eigenvalue weighted by Crippen LogP contribution is -2.34. The highest BCUT2D eigenvalue weighted by molar-refractivity contribution is 6.30. The van der Waals surface area contributed by atoms with E-state index in [0.717, 1.165) is 39.0 Å². The van der Waals surface area contributed by atoms with Crippen molar-refractivity contribution in [3.63, 3.8) is 0 Å². The van der Waals surface area contributed by atoms with Gasteiger partial charge in [0.05, 0.1) is 19.2 Å². The molecule has 0 saturated heterocycles. The van der Waals surface area contributed by atoms with Crippen molar-refractivity contribution in [1.82, 2.24) is 9.88 Å². The molecule has 1 N–H and O–H groups in total. The van der Waals surface area contributed by atoms with Gasteiger partial charge in [0, 0.05) is 23.2 Å². The first-order valence-electron chi connectivity index (χ1n) is 10.3. The van der Waals surface area contributed by atoms with E-state index < -0.39 is 0 Å². The number of aryl methyl sites for hydroxylation is 1. The zero-order chi connectivity index (χ0) is 22.5. The van der Waals surface area contributed by atoms with Gasteiger partial charge < -0.3 is 15.0 Å². The number of carbonyl (C=O) groups excluding carboxylic acids is 1. The highest BCUT2D eigenvalue weighted by atomic mass is 35.5. The minimum Gasteiger partial charge on any atom is -0.497 e. The maximum Gasteiger partial charge on any atom is 0.322 e. The van der Waals surface area contributed by atoms with E-state index in [0.29, 0.717) is 18.2 Å². The molecule has 1 heterocycles. The number of urea groups is 1. The Balaban J connectivity index is 1.63. The Morgan fingerprint density at radius 2 is 1.75 bits per heavy atom. The average Bonchev–Trinajstić information content (AvgIpc) is 2.80. The van der Waals surface area contributed by atoms with Gasteiger partial charge in [0.15, 0.2) is 0 Å². The third-order valence-corrected chi connectivity index (χ3v) is 5.53. The number of benzene rings is 3. The molecule has 32 heavy (non-hydrogen) atoms. The van der Waals surface area contributed by atoms with Crippen LogP contribution in [0.25, 0.3) is 10.9 Å². The van der Waals surface area contributed by atoms with Crippen molar-refractivity contribution in [3.05, 3.63) is 101 Å². The molecule has 2 amide bonds. The predicted octanol–water partition coefficient (Wildman–Crippen LogP) is 6.44. The van der Waals surface area contributed by atoms with E-state index in [4.69, 9.17) is 16.3 Å². The molecule has 0 fully saturated rings. The van der Waals surface area contributed by atoms with Crippen molar-refractivity contribution in [2.45, 2.75) is 20.0 Å². The monoisotopic (exact) mass is 445 g/mol. The Morgan fingerprint density at radius 1 is 1.00 bits per heavy atom. The fourth-order valence-corrected chi connectivity index (χ4v) is 3.71. The molecule has 3 aromatic carbocycles. The summed E-state index contributed by atoms with van der Waals surface area (Å²) in [5.74, 6) is 0.770.